The van der Waals surface area contributed by atoms with Crippen LogP contribution in [0.25, 0.3) is 11.6 Å². The summed E-state index contributed by atoms with van der Waals surface area (Å²) in [5.41, 5.74) is 4.62. The molecule has 0 aromatic heterocycles. The average Bonchev–Trinajstić information content (AvgIpc) is 2.77. The fourth-order valence-corrected chi connectivity index (χ4v) is 2.85. The zero-order valence-corrected chi connectivity index (χ0v) is 15.6. The van der Waals surface area contributed by atoms with E-state index in [1.807, 2.05) is 30.3 Å². The molecule has 0 saturated carbocycles. The van der Waals surface area contributed by atoms with E-state index in [0.29, 0.717) is 11.1 Å². The molecule has 5 nitrogen and oxygen atoms in total. The molecule has 0 aliphatic carbocycles. The molecule has 3 rings (SSSR count). The van der Waals surface area contributed by atoms with Gasteiger partial charge in [0.2, 0.25) is 0 Å². The molecule has 0 spiro atoms. The van der Waals surface area contributed by atoms with Gasteiger partial charge in [0.25, 0.3) is 0 Å². The van der Waals surface area contributed by atoms with Crippen molar-refractivity contribution < 1.29 is 19.4 Å². The molecular weight excluding hydrogens is 366 g/mol. The van der Waals surface area contributed by atoms with Crippen molar-refractivity contribution in [1.29, 1.82) is 5.26 Å². The fourth-order valence-electron chi connectivity index (χ4n) is 2.85. The highest BCUT2D eigenvalue weighted by Gasteiger charge is 2.10. The Balaban J connectivity index is 2.07. The fraction of sp³-hybridized carbons (Fsp3) is 0.0417. The predicted molar refractivity (Wildman–Crippen MR) is 109 cm³/mol. The molecule has 29 heavy (non-hydrogen) atoms. The summed E-state index contributed by atoms with van der Waals surface area (Å²) in [5, 5.41) is 18.1. The van der Waals surface area contributed by atoms with Crippen molar-refractivity contribution in [1.82, 2.24) is 0 Å². The first-order chi connectivity index (χ1) is 14.0. The van der Waals surface area contributed by atoms with Crippen LogP contribution < -0.4 is 0 Å². The number of carboxylic acid groups (broad SMARTS) is 1. The predicted octanol–water partition coefficient (Wildman–Crippen LogP) is 4.63. The van der Waals surface area contributed by atoms with E-state index < -0.39 is 11.9 Å². The molecule has 0 radical (unpaired) electrons. The number of hydrogen-bond donors (Lipinski definition) is 1. The van der Waals surface area contributed by atoms with E-state index >= 15 is 0 Å². The van der Waals surface area contributed by atoms with Crippen LogP contribution in [-0.4, -0.2) is 24.2 Å². The second-order valence-electron chi connectivity index (χ2n) is 6.24. The normalized spacial score (nSPS) is 10.8. The molecule has 0 saturated heterocycles. The third-order valence-corrected chi connectivity index (χ3v) is 4.41. The Morgan fingerprint density at radius 2 is 1.31 bits per heavy atom. The maximum atomic E-state index is 11.7. The quantitative estimate of drug-likeness (QED) is 0.513. The molecule has 0 aliphatic rings. The van der Waals surface area contributed by atoms with Crippen LogP contribution in [0.3, 0.4) is 0 Å². The third kappa shape index (κ3) is 4.57. The van der Waals surface area contributed by atoms with Crippen molar-refractivity contribution in [2.45, 2.75) is 0 Å². The molecule has 142 valence electrons. The van der Waals surface area contributed by atoms with E-state index in [9.17, 15) is 9.59 Å². The number of methoxy groups -OCH3 is 1. The number of aromatic carboxylic acids is 1. The van der Waals surface area contributed by atoms with Crippen LogP contribution in [0.15, 0.2) is 72.8 Å². The topological polar surface area (TPSA) is 87.4 Å². The minimum atomic E-state index is -0.989. The summed E-state index contributed by atoms with van der Waals surface area (Å²) >= 11 is 0. The van der Waals surface area contributed by atoms with E-state index in [2.05, 4.69) is 6.07 Å². The highest BCUT2D eigenvalue weighted by Crippen LogP contribution is 2.27. The van der Waals surface area contributed by atoms with E-state index in [0.717, 1.165) is 22.3 Å². The number of rotatable bonds is 5. The third-order valence-electron chi connectivity index (χ3n) is 4.41. The smallest absolute Gasteiger partial charge is 0.337 e. The second-order valence-corrected chi connectivity index (χ2v) is 6.24. The maximum absolute atomic E-state index is 11.7. The van der Waals surface area contributed by atoms with Crippen LogP contribution in [0.1, 0.15) is 43.0 Å². The van der Waals surface area contributed by atoms with Crippen molar-refractivity contribution in [3.8, 4) is 6.07 Å². The van der Waals surface area contributed by atoms with Crippen LogP contribution >= 0.6 is 0 Å². The minimum absolute atomic E-state index is 0.201. The van der Waals surface area contributed by atoms with Crippen molar-refractivity contribution in [3.05, 3.63) is 106 Å². The standard InChI is InChI=1S/C24H17NO4/c1-29-24(28)21-12-8-19(9-13-21)22(14-16-2-4-17(15-25)5-3-16)18-6-10-20(11-7-18)23(26)27/h2-14H,1H3,(H,26,27). The summed E-state index contributed by atoms with van der Waals surface area (Å²) in [5.74, 6) is -1.41. The lowest BCUT2D eigenvalue weighted by molar-refractivity contribution is 0.0599. The van der Waals surface area contributed by atoms with Crippen molar-refractivity contribution >= 4 is 23.6 Å². The summed E-state index contributed by atoms with van der Waals surface area (Å²) in [6.45, 7) is 0. The van der Waals surface area contributed by atoms with Gasteiger partial charge in [0.05, 0.1) is 29.9 Å². The molecule has 0 amide bonds. The lowest BCUT2D eigenvalue weighted by Gasteiger charge is -2.11. The van der Waals surface area contributed by atoms with Gasteiger partial charge in [0.15, 0.2) is 0 Å². The molecule has 0 bridgehead atoms. The van der Waals surface area contributed by atoms with Gasteiger partial charge in [-0.3, -0.25) is 0 Å². The Morgan fingerprint density at radius 3 is 1.76 bits per heavy atom. The molecule has 3 aromatic rings. The summed E-state index contributed by atoms with van der Waals surface area (Å²) in [7, 11) is 1.33. The second kappa shape index (κ2) is 8.68. The van der Waals surface area contributed by atoms with Gasteiger partial charge in [-0.05, 0) is 64.7 Å². The van der Waals surface area contributed by atoms with Gasteiger partial charge in [0.1, 0.15) is 0 Å². The molecule has 0 atom stereocenters. The van der Waals surface area contributed by atoms with Gasteiger partial charge in [-0.1, -0.05) is 36.4 Å². The Hall–Kier alpha value is -4.17. The molecule has 3 aromatic carbocycles. The van der Waals surface area contributed by atoms with Crippen LogP contribution in [-0.2, 0) is 4.74 Å². The molecule has 5 heteroatoms. The number of carboxylic acids is 1. The summed E-state index contributed by atoms with van der Waals surface area (Å²) < 4.78 is 4.74. The highest BCUT2D eigenvalue weighted by atomic mass is 16.5. The Bertz CT molecular complexity index is 1100. The molecule has 0 fully saturated rings. The summed E-state index contributed by atoms with van der Waals surface area (Å²) in [4.78, 5) is 22.8. The first-order valence-corrected chi connectivity index (χ1v) is 8.76. The van der Waals surface area contributed by atoms with Gasteiger partial charge in [-0.25, -0.2) is 9.59 Å². The van der Waals surface area contributed by atoms with Crippen LogP contribution in [0.4, 0.5) is 0 Å². The average molecular weight is 383 g/mol. The molecule has 1 N–H and O–H groups in total. The molecular formula is C24H17NO4. The van der Waals surface area contributed by atoms with E-state index in [1.54, 1.807) is 48.5 Å². The number of nitriles is 1. The van der Waals surface area contributed by atoms with Gasteiger partial charge < -0.3 is 9.84 Å². The minimum Gasteiger partial charge on any atom is -0.478 e. The van der Waals surface area contributed by atoms with Gasteiger partial charge in [-0.2, -0.15) is 5.26 Å². The van der Waals surface area contributed by atoms with E-state index in [1.165, 1.54) is 7.11 Å². The van der Waals surface area contributed by atoms with Crippen molar-refractivity contribution in [2.24, 2.45) is 0 Å². The Kier molecular flexibility index (Phi) is 5.86. The SMILES string of the molecule is COC(=O)c1ccc(C(=Cc2ccc(C#N)cc2)c2ccc(C(=O)O)cc2)cc1. The Morgan fingerprint density at radius 1 is 0.828 bits per heavy atom. The number of carbonyl (C=O) groups is 2. The lowest BCUT2D eigenvalue weighted by Crippen LogP contribution is -2.01. The van der Waals surface area contributed by atoms with Crippen LogP contribution in [0, 0.1) is 11.3 Å². The van der Waals surface area contributed by atoms with Gasteiger partial charge in [-0.15, -0.1) is 0 Å². The van der Waals surface area contributed by atoms with Crippen molar-refractivity contribution in [3.63, 3.8) is 0 Å². The van der Waals surface area contributed by atoms with Gasteiger partial charge >= 0.3 is 11.9 Å². The van der Waals surface area contributed by atoms with Crippen molar-refractivity contribution in [2.75, 3.05) is 7.11 Å². The zero-order chi connectivity index (χ0) is 20.8. The van der Waals surface area contributed by atoms with Crippen LogP contribution in [0.5, 0.6) is 0 Å². The summed E-state index contributed by atoms with van der Waals surface area (Å²) in [6, 6.07) is 22.8. The number of nitrogens with zero attached hydrogens (tertiary/aromatic N) is 1. The number of hydrogen-bond acceptors (Lipinski definition) is 4. The molecule has 0 aliphatic heterocycles. The zero-order valence-electron chi connectivity index (χ0n) is 15.6. The number of benzene rings is 3. The highest BCUT2D eigenvalue weighted by molar-refractivity contribution is 5.95. The van der Waals surface area contributed by atoms with E-state index in [4.69, 9.17) is 15.1 Å². The van der Waals surface area contributed by atoms with E-state index in [-0.39, 0.29) is 5.56 Å². The Labute approximate surface area is 168 Å². The lowest BCUT2D eigenvalue weighted by atomic mass is 9.94. The number of ether oxygens (including phenoxy) is 1. The number of esters is 1. The first kappa shape index (κ1) is 19.6. The molecule has 0 heterocycles. The van der Waals surface area contributed by atoms with Crippen LogP contribution in [0.2, 0.25) is 0 Å². The van der Waals surface area contributed by atoms with Gasteiger partial charge in [0, 0.05) is 0 Å². The maximum Gasteiger partial charge on any atom is 0.337 e. The first-order valence-electron chi connectivity index (χ1n) is 8.76. The molecule has 0 unspecified atom stereocenters. The monoisotopic (exact) mass is 383 g/mol. The summed E-state index contributed by atoms with van der Waals surface area (Å²) in [6.07, 6.45) is 1.95. The number of carbonyl (C=O) groups excluding carboxylic acids is 1. The largest absolute Gasteiger partial charge is 0.478 e.